The molecule has 1 N–H and O–H groups in total. The van der Waals surface area contributed by atoms with Crippen LogP contribution >= 0.6 is 0 Å². The van der Waals surface area contributed by atoms with E-state index in [0.29, 0.717) is 17.9 Å². The van der Waals surface area contributed by atoms with Gasteiger partial charge in [-0.25, -0.2) is 4.68 Å². The van der Waals surface area contributed by atoms with E-state index in [9.17, 15) is 4.79 Å². The number of pyridine rings is 1. The third-order valence-corrected chi connectivity index (χ3v) is 6.61. The van der Waals surface area contributed by atoms with Gasteiger partial charge in [-0.2, -0.15) is 0 Å². The van der Waals surface area contributed by atoms with Crippen molar-refractivity contribution in [3.05, 3.63) is 81.4 Å². The molecule has 176 valence electrons. The van der Waals surface area contributed by atoms with E-state index < -0.39 is 0 Å². The molecule has 0 amide bonds. The zero-order chi connectivity index (χ0) is 23.7. The normalized spacial score (nSPS) is 16.1. The summed E-state index contributed by atoms with van der Waals surface area (Å²) in [5.41, 5.74) is 3.51. The molecule has 9 heteroatoms. The van der Waals surface area contributed by atoms with Gasteiger partial charge in [-0.1, -0.05) is 30.3 Å². The molecule has 0 unspecified atom stereocenters. The third kappa shape index (κ3) is 4.32. The number of H-pyrrole nitrogens is 1. The molecule has 1 atom stereocenters. The van der Waals surface area contributed by atoms with Crippen LogP contribution in [0.1, 0.15) is 28.6 Å². The highest BCUT2D eigenvalue weighted by Crippen LogP contribution is 2.28. The standard InChI is InChI=1S/C25H29N7O2/c1-17-5-4-6-19-15-21(25(33)26-22(17)19)23(31-13-11-30(2)12-14-31)24-27-28-29-32(24)16-18-7-9-20(34-3)10-8-18/h4-10,15,23H,11-14,16H2,1-3H3,(H,26,33)/t23-/m0/s1. The topological polar surface area (TPSA) is 92.2 Å². The van der Waals surface area contributed by atoms with Crippen molar-refractivity contribution in [1.29, 1.82) is 0 Å². The van der Waals surface area contributed by atoms with Crippen molar-refractivity contribution in [2.45, 2.75) is 19.5 Å². The van der Waals surface area contributed by atoms with Gasteiger partial charge in [0.25, 0.3) is 5.56 Å². The molecule has 5 rings (SSSR count). The Morgan fingerprint density at radius 1 is 1.09 bits per heavy atom. The largest absolute Gasteiger partial charge is 0.497 e. The molecule has 1 aliphatic heterocycles. The number of likely N-dealkylation sites (N-methyl/N-ethyl adjacent to an activating group) is 1. The maximum atomic E-state index is 13.4. The van der Waals surface area contributed by atoms with Crippen LogP contribution in [0.5, 0.6) is 5.75 Å². The number of tetrazole rings is 1. The van der Waals surface area contributed by atoms with Crippen LogP contribution in [0.3, 0.4) is 0 Å². The lowest BCUT2D eigenvalue weighted by atomic mass is 10.0. The summed E-state index contributed by atoms with van der Waals surface area (Å²) in [6.45, 7) is 5.98. The lowest BCUT2D eigenvalue weighted by molar-refractivity contribution is 0.121. The number of piperazine rings is 1. The molecule has 0 saturated carbocycles. The molecule has 0 radical (unpaired) electrons. The highest BCUT2D eigenvalue weighted by atomic mass is 16.5. The van der Waals surface area contributed by atoms with E-state index in [1.165, 1.54) is 0 Å². The number of aromatic nitrogens is 5. The first-order valence-electron chi connectivity index (χ1n) is 11.5. The van der Waals surface area contributed by atoms with Gasteiger partial charge < -0.3 is 14.6 Å². The number of hydrogen-bond donors (Lipinski definition) is 1. The van der Waals surface area contributed by atoms with Crippen molar-refractivity contribution in [1.82, 2.24) is 35.0 Å². The number of benzene rings is 2. The lowest BCUT2D eigenvalue weighted by Gasteiger charge is -2.37. The second-order valence-electron chi connectivity index (χ2n) is 8.88. The van der Waals surface area contributed by atoms with Crippen LogP contribution in [0.25, 0.3) is 10.9 Å². The molecule has 3 heterocycles. The number of nitrogens with one attached hydrogen (secondary N) is 1. The highest BCUT2D eigenvalue weighted by Gasteiger charge is 2.32. The van der Waals surface area contributed by atoms with Gasteiger partial charge >= 0.3 is 0 Å². The average Bonchev–Trinajstić information content (AvgIpc) is 3.29. The van der Waals surface area contributed by atoms with Crippen molar-refractivity contribution in [2.24, 2.45) is 0 Å². The van der Waals surface area contributed by atoms with Crippen LogP contribution in [-0.4, -0.2) is 75.3 Å². The molecule has 1 saturated heterocycles. The Kier molecular flexibility index (Phi) is 6.12. The summed E-state index contributed by atoms with van der Waals surface area (Å²) in [6.07, 6.45) is 0. The fourth-order valence-corrected chi connectivity index (χ4v) is 4.61. The molecule has 0 spiro atoms. The maximum Gasteiger partial charge on any atom is 0.253 e. The van der Waals surface area contributed by atoms with Gasteiger partial charge in [-0.05, 0) is 59.1 Å². The number of nitrogens with zero attached hydrogens (tertiary/aromatic N) is 6. The fourth-order valence-electron chi connectivity index (χ4n) is 4.61. The van der Waals surface area contributed by atoms with E-state index >= 15 is 0 Å². The van der Waals surface area contributed by atoms with Gasteiger partial charge in [0, 0.05) is 31.7 Å². The SMILES string of the molecule is COc1ccc(Cn2nnnc2[C@H](c2cc3cccc(C)c3[nH]c2=O)N2CCN(C)CC2)cc1. The van der Waals surface area contributed by atoms with Crippen LogP contribution in [-0.2, 0) is 6.54 Å². The maximum absolute atomic E-state index is 13.4. The quantitative estimate of drug-likeness (QED) is 0.473. The molecule has 9 nitrogen and oxygen atoms in total. The van der Waals surface area contributed by atoms with Crippen LogP contribution in [0.2, 0.25) is 0 Å². The molecule has 4 aromatic rings. The zero-order valence-electron chi connectivity index (χ0n) is 19.7. The summed E-state index contributed by atoms with van der Waals surface area (Å²) in [5.74, 6) is 1.46. The van der Waals surface area contributed by atoms with Crippen molar-refractivity contribution in [3.63, 3.8) is 0 Å². The van der Waals surface area contributed by atoms with Gasteiger partial charge in [-0.15, -0.1) is 5.10 Å². The number of ether oxygens (including phenoxy) is 1. The van der Waals surface area contributed by atoms with Crippen LogP contribution < -0.4 is 10.3 Å². The molecule has 0 bridgehead atoms. The molecule has 0 aliphatic carbocycles. The second-order valence-corrected chi connectivity index (χ2v) is 8.88. The van der Waals surface area contributed by atoms with Crippen molar-refractivity contribution in [2.75, 3.05) is 40.3 Å². The van der Waals surface area contributed by atoms with Gasteiger partial charge in [0.05, 0.1) is 19.2 Å². The van der Waals surface area contributed by atoms with Crippen molar-refractivity contribution in [3.8, 4) is 5.75 Å². The predicted octanol–water partition coefficient (Wildman–Crippen LogP) is 2.22. The summed E-state index contributed by atoms with van der Waals surface area (Å²) in [5, 5.41) is 13.7. The predicted molar refractivity (Wildman–Crippen MR) is 130 cm³/mol. The highest BCUT2D eigenvalue weighted by molar-refractivity contribution is 5.82. The Morgan fingerprint density at radius 2 is 1.85 bits per heavy atom. The van der Waals surface area contributed by atoms with E-state index in [2.05, 4.69) is 37.4 Å². The number of methoxy groups -OCH3 is 1. The Hall–Kier alpha value is -3.56. The summed E-state index contributed by atoms with van der Waals surface area (Å²) in [7, 11) is 3.77. The summed E-state index contributed by atoms with van der Waals surface area (Å²) < 4.78 is 7.07. The Morgan fingerprint density at radius 3 is 2.59 bits per heavy atom. The first-order valence-corrected chi connectivity index (χ1v) is 11.5. The van der Waals surface area contributed by atoms with Crippen LogP contribution in [0, 0.1) is 6.92 Å². The average molecular weight is 460 g/mol. The minimum absolute atomic E-state index is 0.107. The number of para-hydroxylation sites is 1. The molecule has 2 aromatic heterocycles. The third-order valence-electron chi connectivity index (χ3n) is 6.61. The van der Waals surface area contributed by atoms with E-state index in [4.69, 9.17) is 4.74 Å². The fraction of sp³-hybridized carbons (Fsp3) is 0.360. The number of fused-ring (bicyclic) bond motifs is 1. The molecule has 2 aromatic carbocycles. The first kappa shape index (κ1) is 22.2. The second kappa shape index (κ2) is 9.36. The number of aromatic amines is 1. The lowest BCUT2D eigenvalue weighted by Crippen LogP contribution is -2.47. The van der Waals surface area contributed by atoms with Gasteiger partial charge in [-0.3, -0.25) is 9.69 Å². The first-order chi connectivity index (χ1) is 16.5. The summed E-state index contributed by atoms with van der Waals surface area (Å²) >= 11 is 0. The Balaban J connectivity index is 1.58. The van der Waals surface area contributed by atoms with Gasteiger partial charge in [0.1, 0.15) is 11.8 Å². The smallest absolute Gasteiger partial charge is 0.253 e. The number of hydrogen-bond acceptors (Lipinski definition) is 7. The van der Waals surface area contributed by atoms with Crippen molar-refractivity contribution >= 4 is 10.9 Å². The minimum Gasteiger partial charge on any atom is -0.497 e. The Bertz CT molecular complexity index is 1340. The number of aryl methyl sites for hydroxylation is 1. The monoisotopic (exact) mass is 459 g/mol. The van der Waals surface area contributed by atoms with Crippen LogP contribution in [0.15, 0.2) is 53.3 Å². The van der Waals surface area contributed by atoms with E-state index in [1.807, 2.05) is 55.5 Å². The Labute approximate surface area is 198 Å². The van der Waals surface area contributed by atoms with Crippen molar-refractivity contribution < 1.29 is 4.74 Å². The summed E-state index contributed by atoms with van der Waals surface area (Å²) in [6, 6.07) is 15.5. The number of rotatable bonds is 6. The van der Waals surface area contributed by atoms with E-state index in [1.54, 1.807) is 11.8 Å². The van der Waals surface area contributed by atoms with Gasteiger partial charge in [0.2, 0.25) is 0 Å². The zero-order valence-corrected chi connectivity index (χ0v) is 19.7. The van der Waals surface area contributed by atoms with E-state index in [-0.39, 0.29) is 11.6 Å². The molecule has 1 aliphatic rings. The molecule has 34 heavy (non-hydrogen) atoms. The molecular weight excluding hydrogens is 430 g/mol. The summed E-state index contributed by atoms with van der Waals surface area (Å²) in [4.78, 5) is 21.1. The van der Waals surface area contributed by atoms with Gasteiger partial charge in [0.15, 0.2) is 5.82 Å². The molecule has 1 fully saturated rings. The molecular formula is C25H29N7O2. The van der Waals surface area contributed by atoms with Crippen LogP contribution in [0.4, 0.5) is 0 Å². The van der Waals surface area contributed by atoms with E-state index in [0.717, 1.165) is 54.0 Å². The minimum atomic E-state index is -0.351.